The maximum Gasteiger partial charge on any atom is 0.357 e. The van der Waals surface area contributed by atoms with Gasteiger partial charge in [0.2, 0.25) is 0 Å². The highest BCUT2D eigenvalue weighted by Gasteiger charge is 2.11. The molecule has 0 saturated carbocycles. The number of anilines is 2. The number of ether oxygens (including phenoxy) is 1. The monoisotopic (exact) mass is 337 g/mol. The van der Waals surface area contributed by atoms with E-state index < -0.39 is 5.97 Å². The Morgan fingerprint density at radius 2 is 2.37 bits per heavy atom. The van der Waals surface area contributed by atoms with E-state index in [1.807, 2.05) is 0 Å². The summed E-state index contributed by atoms with van der Waals surface area (Å²) in [5.41, 5.74) is 1.59. The fourth-order valence-corrected chi connectivity index (χ4v) is 2.50. The molecule has 7 heteroatoms. The maximum atomic E-state index is 11.3. The fraction of sp³-hybridized carbons (Fsp3) is 0.0833. The highest BCUT2D eigenvalue weighted by atomic mass is 79.9. The van der Waals surface area contributed by atoms with Gasteiger partial charge in [0.25, 0.3) is 0 Å². The molecule has 0 aliphatic heterocycles. The van der Waals surface area contributed by atoms with E-state index in [1.165, 1.54) is 18.4 Å². The summed E-state index contributed by atoms with van der Waals surface area (Å²) >= 11 is 4.66. The van der Waals surface area contributed by atoms with Crippen LogP contribution in [0.1, 0.15) is 16.1 Å². The number of nitrogens with zero attached hydrogens (tertiary/aromatic N) is 2. The molecule has 96 valence electrons. The third-order valence-electron chi connectivity index (χ3n) is 2.24. The van der Waals surface area contributed by atoms with Crippen molar-refractivity contribution in [2.24, 2.45) is 0 Å². The lowest BCUT2D eigenvalue weighted by Gasteiger charge is -2.05. The van der Waals surface area contributed by atoms with Gasteiger partial charge in [0.1, 0.15) is 0 Å². The third kappa shape index (κ3) is 3.10. The van der Waals surface area contributed by atoms with Crippen molar-refractivity contribution in [3.05, 3.63) is 39.3 Å². The Kier molecular flexibility index (Phi) is 4.14. The number of thiazole rings is 1. The van der Waals surface area contributed by atoms with E-state index in [0.29, 0.717) is 10.7 Å². The number of hydrogen-bond acceptors (Lipinski definition) is 6. The van der Waals surface area contributed by atoms with Crippen LogP contribution < -0.4 is 5.32 Å². The zero-order valence-electron chi connectivity index (χ0n) is 9.81. The summed E-state index contributed by atoms with van der Waals surface area (Å²) in [7, 11) is 1.31. The molecule has 1 N–H and O–H groups in total. The van der Waals surface area contributed by atoms with Crippen molar-refractivity contribution in [1.82, 2.24) is 4.98 Å². The molecule has 2 aromatic rings. The van der Waals surface area contributed by atoms with Crippen molar-refractivity contribution in [3.63, 3.8) is 0 Å². The average Bonchev–Trinajstić information content (AvgIpc) is 2.88. The molecule has 0 spiro atoms. The number of nitrogens with one attached hydrogen (secondary N) is 1. The molecule has 0 atom stereocenters. The SMILES string of the molecule is COC(=O)c1csc(Nc2ccc(C#N)cc2Br)n1. The van der Waals surface area contributed by atoms with Crippen LogP contribution in [0.25, 0.3) is 0 Å². The summed E-state index contributed by atoms with van der Waals surface area (Å²) in [5.74, 6) is -0.469. The quantitative estimate of drug-likeness (QED) is 0.869. The minimum absolute atomic E-state index is 0.264. The molecule has 0 unspecified atom stereocenters. The van der Waals surface area contributed by atoms with Crippen LogP contribution in [0.2, 0.25) is 0 Å². The van der Waals surface area contributed by atoms with Gasteiger partial charge in [-0.25, -0.2) is 9.78 Å². The van der Waals surface area contributed by atoms with E-state index in [-0.39, 0.29) is 5.69 Å². The van der Waals surface area contributed by atoms with Crippen molar-refractivity contribution in [3.8, 4) is 6.07 Å². The molecule has 0 aliphatic carbocycles. The van der Waals surface area contributed by atoms with E-state index in [2.05, 4.69) is 37.0 Å². The minimum atomic E-state index is -0.469. The lowest BCUT2D eigenvalue weighted by atomic mass is 10.2. The number of carbonyl (C=O) groups excluding carboxylic acids is 1. The summed E-state index contributed by atoms with van der Waals surface area (Å²) in [4.78, 5) is 15.4. The zero-order valence-corrected chi connectivity index (χ0v) is 12.2. The Labute approximate surface area is 122 Å². The second kappa shape index (κ2) is 5.82. The van der Waals surface area contributed by atoms with Gasteiger partial charge in [-0.15, -0.1) is 11.3 Å². The number of esters is 1. The van der Waals surface area contributed by atoms with E-state index in [9.17, 15) is 4.79 Å². The lowest BCUT2D eigenvalue weighted by Crippen LogP contribution is -2.01. The largest absolute Gasteiger partial charge is 0.464 e. The smallest absolute Gasteiger partial charge is 0.357 e. The molecular weight excluding hydrogens is 330 g/mol. The van der Waals surface area contributed by atoms with Gasteiger partial charge in [0.05, 0.1) is 24.4 Å². The van der Waals surface area contributed by atoms with Gasteiger partial charge in [0, 0.05) is 9.85 Å². The molecule has 1 aromatic carbocycles. The number of carbonyl (C=O) groups is 1. The lowest BCUT2D eigenvalue weighted by molar-refractivity contribution is 0.0595. The molecule has 19 heavy (non-hydrogen) atoms. The summed E-state index contributed by atoms with van der Waals surface area (Å²) < 4.78 is 5.34. The second-order valence-electron chi connectivity index (χ2n) is 3.46. The van der Waals surface area contributed by atoms with E-state index in [1.54, 1.807) is 23.6 Å². The molecule has 1 heterocycles. The van der Waals surface area contributed by atoms with Crippen molar-refractivity contribution in [2.45, 2.75) is 0 Å². The summed E-state index contributed by atoms with van der Waals surface area (Å²) in [6, 6.07) is 7.22. The highest BCUT2D eigenvalue weighted by Crippen LogP contribution is 2.28. The van der Waals surface area contributed by atoms with Crippen LogP contribution in [0.4, 0.5) is 10.8 Å². The first kappa shape index (κ1) is 13.5. The number of hydrogen-bond donors (Lipinski definition) is 1. The Hall–Kier alpha value is -1.91. The zero-order chi connectivity index (χ0) is 13.8. The molecule has 2 rings (SSSR count). The van der Waals surface area contributed by atoms with Gasteiger partial charge >= 0.3 is 5.97 Å². The van der Waals surface area contributed by atoms with Gasteiger partial charge in [0.15, 0.2) is 10.8 Å². The molecular formula is C12H8BrN3O2S. The second-order valence-corrected chi connectivity index (χ2v) is 5.17. The number of aromatic nitrogens is 1. The molecule has 5 nitrogen and oxygen atoms in total. The fourth-order valence-electron chi connectivity index (χ4n) is 1.33. The molecule has 0 bridgehead atoms. The third-order valence-corrected chi connectivity index (χ3v) is 3.65. The van der Waals surface area contributed by atoms with Crippen LogP contribution in [-0.4, -0.2) is 18.1 Å². The molecule has 0 amide bonds. The van der Waals surface area contributed by atoms with Crippen molar-refractivity contribution >= 4 is 44.1 Å². The van der Waals surface area contributed by atoms with Crippen molar-refractivity contribution < 1.29 is 9.53 Å². The van der Waals surface area contributed by atoms with Gasteiger partial charge in [-0.2, -0.15) is 5.26 Å². The summed E-state index contributed by atoms with van der Waals surface area (Å²) in [6.07, 6.45) is 0. The first-order chi connectivity index (χ1) is 9.13. The number of nitriles is 1. The Bertz CT molecular complexity index is 663. The van der Waals surface area contributed by atoms with Crippen LogP contribution >= 0.6 is 27.3 Å². The number of rotatable bonds is 3. The predicted octanol–water partition coefficient (Wildman–Crippen LogP) is 3.31. The van der Waals surface area contributed by atoms with Crippen molar-refractivity contribution in [1.29, 1.82) is 5.26 Å². The maximum absolute atomic E-state index is 11.3. The Morgan fingerprint density at radius 1 is 1.58 bits per heavy atom. The van der Waals surface area contributed by atoms with Crippen LogP contribution in [0.15, 0.2) is 28.1 Å². The first-order valence-electron chi connectivity index (χ1n) is 5.14. The topological polar surface area (TPSA) is 75.0 Å². The molecule has 0 fully saturated rings. The number of benzene rings is 1. The molecule has 1 aromatic heterocycles. The van der Waals surface area contributed by atoms with Gasteiger partial charge in [-0.05, 0) is 34.1 Å². The van der Waals surface area contributed by atoms with E-state index in [0.717, 1.165) is 10.2 Å². The Morgan fingerprint density at radius 3 is 3.00 bits per heavy atom. The number of halogens is 1. The van der Waals surface area contributed by atoms with Gasteiger partial charge in [-0.3, -0.25) is 0 Å². The summed E-state index contributed by atoms with van der Waals surface area (Å²) in [6.45, 7) is 0. The normalized spacial score (nSPS) is 9.74. The highest BCUT2D eigenvalue weighted by molar-refractivity contribution is 9.10. The van der Waals surface area contributed by atoms with Gasteiger partial charge in [-0.1, -0.05) is 0 Å². The van der Waals surface area contributed by atoms with Crippen LogP contribution in [0.5, 0.6) is 0 Å². The molecule has 0 radical (unpaired) electrons. The Balaban J connectivity index is 2.20. The van der Waals surface area contributed by atoms with Crippen molar-refractivity contribution in [2.75, 3.05) is 12.4 Å². The van der Waals surface area contributed by atoms with Crippen LogP contribution in [0, 0.1) is 11.3 Å². The van der Waals surface area contributed by atoms with Crippen LogP contribution in [-0.2, 0) is 4.74 Å². The van der Waals surface area contributed by atoms with Gasteiger partial charge < -0.3 is 10.1 Å². The molecule has 0 aliphatic rings. The standard InChI is InChI=1S/C12H8BrN3O2S/c1-18-11(17)10-6-19-12(16-10)15-9-3-2-7(5-14)4-8(9)13/h2-4,6H,1H3,(H,15,16). The first-order valence-corrected chi connectivity index (χ1v) is 6.82. The average molecular weight is 338 g/mol. The molecule has 0 saturated heterocycles. The van der Waals surface area contributed by atoms with E-state index >= 15 is 0 Å². The predicted molar refractivity (Wildman–Crippen MR) is 75.6 cm³/mol. The minimum Gasteiger partial charge on any atom is -0.464 e. The van der Waals surface area contributed by atoms with Crippen LogP contribution in [0.3, 0.4) is 0 Å². The van der Waals surface area contributed by atoms with E-state index in [4.69, 9.17) is 5.26 Å². The summed E-state index contributed by atoms with van der Waals surface area (Å²) in [5, 5.41) is 14.0. The number of methoxy groups -OCH3 is 1.